The van der Waals surface area contributed by atoms with Gasteiger partial charge in [0.05, 0.1) is 12.7 Å². The Balaban J connectivity index is 3.02. The second kappa shape index (κ2) is 5.46. The molecule has 1 aromatic rings. The van der Waals surface area contributed by atoms with E-state index in [-0.39, 0.29) is 5.91 Å². The minimum absolute atomic E-state index is 0.339. The quantitative estimate of drug-likeness (QED) is 0.684. The second-order valence-corrected chi connectivity index (χ2v) is 3.83. The number of carbonyl (C=O) groups is 2. The average molecular weight is 284 g/mol. The van der Waals surface area contributed by atoms with Crippen LogP contribution in [0.4, 0.5) is 5.69 Å². The minimum Gasteiger partial charge on any atom is -0.465 e. The Morgan fingerprint density at radius 2 is 2.12 bits per heavy atom. The highest BCUT2D eigenvalue weighted by Crippen LogP contribution is 2.20. The van der Waals surface area contributed by atoms with Crippen molar-refractivity contribution < 1.29 is 14.3 Å². The van der Waals surface area contributed by atoms with Crippen LogP contribution >= 0.6 is 15.9 Å². The number of amides is 1. The van der Waals surface area contributed by atoms with Crippen molar-refractivity contribution in [1.82, 2.24) is 0 Å². The van der Waals surface area contributed by atoms with Gasteiger partial charge in [-0.2, -0.15) is 0 Å². The van der Waals surface area contributed by atoms with Crippen molar-refractivity contribution in [3.05, 3.63) is 40.9 Å². The molecule has 1 amide bonds. The SMILES string of the molecule is C=CC(=O)Nc1cc(Br)cc(C(=O)OC)c1. The first-order valence-electron chi connectivity index (χ1n) is 4.39. The fraction of sp³-hybridized carbons (Fsp3) is 0.0909. The first kappa shape index (κ1) is 12.4. The van der Waals surface area contributed by atoms with E-state index in [9.17, 15) is 9.59 Å². The number of esters is 1. The Hall–Kier alpha value is -1.62. The summed E-state index contributed by atoms with van der Waals surface area (Å²) in [5.41, 5.74) is 0.857. The summed E-state index contributed by atoms with van der Waals surface area (Å²) >= 11 is 3.24. The summed E-state index contributed by atoms with van der Waals surface area (Å²) in [7, 11) is 1.30. The molecule has 0 aliphatic carbocycles. The highest BCUT2D eigenvalue weighted by atomic mass is 79.9. The molecule has 5 heteroatoms. The number of anilines is 1. The van der Waals surface area contributed by atoms with Gasteiger partial charge in [0.25, 0.3) is 0 Å². The van der Waals surface area contributed by atoms with Crippen LogP contribution in [0.2, 0.25) is 0 Å². The summed E-state index contributed by atoms with van der Waals surface area (Å²) in [6.07, 6.45) is 1.15. The maximum Gasteiger partial charge on any atom is 0.337 e. The molecule has 0 aliphatic rings. The van der Waals surface area contributed by atoms with Gasteiger partial charge in [-0.3, -0.25) is 4.79 Å². The first-order valence-corrected chi connectivity index (χ1v) is 5.18. The lowest BCUT2D eigenvalue weighted by Crippen LogP contribution is -2.09. The predicted octanol–water partition coefficient (Wildman–Crippen LogP) is 2.36. The van der Waals surface area contributed by atoms with Crippen molar-refractivity contribution in [1.29, 1.82) is 0 Å². The molecule has 0 saturated carbocycles. The summed E-state index contributed by atoms with van der Waals surface area (Å²) in [6, 6.07) is 4.81. The standard InChI is InChI=1S/C11H10BrNO3/c1-3-10(14)13-9-5-7(11(15)16-2)4-8(12)6-9/h3-6H,1H2,2H3,(H,13,14). The van der Waals surface area contributed by atoms with Gasteiger partial charge in [-0.05, 0) is 24.3 Å². The summed E-state index contributed by atoms with van der Waals surface area (Å²) in [5.74, 6) is -0.802. The van der Waals surface area contributed by atoms with Gasteiger partial charge in [0.15, 0.2) is 0 Å². The van der Waals surface area contributed by atoms with E-state index in [1.165, 1.54) is 13.2 Å². The molecule has 1 rings (SSSR count). The molecule has 1 N–H and O–H groups in total. The van der Waals surface area contributed by atoms with E-state index in [2.05, 4.69) is 32.6 Å². The van der Waals surface area contributed by atoms with Gasteiger partial charge in [-0.1, -0.05) is 22.5 Å². The lowest BCUT2D eigenvalue weighted by Gasteiger charge is -2.05. The molecular formula is C11H10BrNO3. The number of methoxy groups -OCH3 is 1. The van der Waals surface area contributed by atoms with Crippen LogP contribution in [0.3, 0.4) is 0 Å². The number of nitrogens with one attached hydrogen (secondary N) is 1. The predicted molar refractivity (Wildman–Crippen MR) is 64.3 cm³/mol. The normalized spacial score (nSPS) is 9.38. The van der Waals surface area contributed by atoms with Gasteiger partial charge >= 0.3 is 5.97 Å². The molecule has 84 valence electrons. The Labute approximate surface area is 101 Å². The zero-order chi connectivity index (χ0) is 12.1. The third kappa shape index (κ3) is 3.20. The number of hydrogen-bond acceptors (Lipinski definition) is 3. The van der Waals surface area contributed by atoms with Crippen molar-refractivity contribution in [3.63, 3.8) is 0 Å². The van der Waals surface area contributed by atoms with Crippen molar-refractivity contribution >= 4 is 33.5 Å². The van der Waals surface area contributed by atoms with Gasteiger partial charge in [-0.15, -0.1) is 0 Å². The van der Waals surface area contributed by atoms with Crippen LogP contribution in [0.1, 0.15) is 10.4 Å². The second-order valence-electron chi connectivity index (χ2n) is 2.91. The first-order chi connectivity index (χ1) is 7.56. The molecule has 0 aromatic heterocycles. The van der Waals surface area contributed by atoms with E-state index in [1.807, 2.05) is 0 Å². The molecule has 4 nitrogen and oxygen atoms in total. The van der Waals surface area contributed by atoms with E-state index in [1.54, 1.807) is 12.1 Å². The van der Waals surface area contributed by atoms with E-state index in [0.29, 0.717) is 15.7 Å². The molecule has 0 bridgehead atoms. The molecule has 16 heavy (non-hydrogen) atoms. The summed E-state index contributed by atoms with van der Waals surface area (Å²) < 4.78 is 5.26. The number of carbonyl (C=O) groups excluding carboxylic acids is 2. The third-order valence-electron chi connectivity index (χ3n) is 1.77. The highest BCUT2D eigenvalue weighted by molar-refractivity contribution is 9.10. The Morgan fingerprint density at radius 3 is 2.69 bits per heavy atom. The van der Waals surface area contributed by atoms with Crippen LogP contribution < -0.4 is 5.32 Å². The van der Waals surface area contributed by atoms with Crippen LogP contribution in [0.5, 0.6) is 0 Å². The molecule has 0 heterocycles. The van der Waals surface area contributed by atoms with E-state index in [4.69, 9.17) is 0 Å². The molecule has 0 saturated heterocycles. The fourth-order valence-electron chi connectivity index (χ4n) is 1.09. The number of hydrogen-bond donors (Lipinski definition) is 1. The molecule has 0 atom stereocenters. The van der Waals surface area contributed by atoms with Crippen LogP contribution in [0, 0.1) is 0 Å². The lowest BCUT2D eigenvalue weighted by atomic mass is 10.2. The van der Waals surface area contributed by atoms with Crippen molar-refractivity contribution in [3.8, 4) is 0 Å². The molecule has 0 spiro atoms. The number of ether oxygens (including phenoxy) is 1. The molecule has 1 aromatic carbocycles. The van der Waals surface area contributed by atoms with Gasteiger partial charge < -0.3 is 10.1 Å². The highest BCUT2D eigenvalue weighted by Gasteiger charge is 2.08. The minimum atomic E-state index is -0.463. The molecule has 0 unspecified atom stereocenters. The molecular weight excluding hydrogens is 274 g/mol. The van der Waals surface area contributed by atoms with E-state index >= 15 is 0 Å². The third-order valence-corrected chi connectivity index (χ3v) is 2.23. The van der Waals surface area contributed by atoms with Gasteiger partial charge in [0.1, 0.15) is 0 Å². The number of halogens is 1. The average Bonchev–Trinajstić information content (AvgIpc) is 2.27. The number of rotatable bonds is 3. The van der Waals surface area contributed by atoms with Gasteiger partial charge in [0, 0.05) is 10.2 Å². The van der Waals surface area contributed by atoms with Crippen LogP contribution in [0.25, 0.3) is 0 Å². The maximum atomic E-state index is 11.3. The largest absolute Gasteiger partial charge is 0.465 e. The Bertz CT molecular complexity index is 443. The summed E-state index contributed by atoms with van der Waals surface area (Å²) in [5, 5.41) is 2.56. The maximum absolute atomic E-state index is 11.3. The van der Waals surface area contributed by atoms with Crippen LogP contribution in [0.15, 0.2) is 35.3 Å². The van der Waals surface area contributed by atoms with Crippen LogP contribution in [-0.4, -0.2) is 19.0 Å². The summed E-state index contributed by atoms with van der Waals surface area (Å²) in [6.45, 7) is 3.34. The monoisotopic (exact) mass is 283 g/mol. The fourth-order valence-corrected chi connectivity index (χ4v) is 1.58. The smallest absolute Gasteiger partial charge is 0.337 e. The van der Waals surface area contributed by atoms with Crippen molar-refractivity contribution in [2.75, 3.05) is 12.4 Å². The van der Waals surface area contributed by atoms with Crippen LogP contribution in [-0.2, 0) is 9.53 Å². The van der Waals surface area contributed by atoms with Gasteiger partial charge in [0.2, 0.25) is 5.91 Å². The van der Waals surface area contributed by atoms with E-state index in [0.717, 1.165) is 6.08 Å². The topological polar surface area (TPSA) is 55.4 Å². The molecule has 0 fully saturated rings. The molecule has 0 radical (unpaired) electrons. The molecule has 0 aliphatic heterocycles. The Morgan fingerprint density at radius 1 is 1.44 bits per heavy atom. The zero-order valence-electron chi connectivity index (χ0n) is 8.62. The van der Waals surface area contributed by atoms with Crippen molar-refractivity contribution in [2.45, 2.75) is 0 Å². The van der Waals surface area contributed by atoms with Gasteiger partial charge in [-0.25, -0.2) is 4.79 Å². The Kier molecular flexibility index (Phi) is 4.25. The summed E-state index contributed by atoms with van der Waals surface area (Å²) in [4.78, 5) is 22.4. The number of benzene rings is 1. The lowest BCUT2D eigenvalue weighted by molar-refractivity contribution is -0.111. The van der Waals surface area contributed by atoms with E-state index < -0.39 is 5.97 Å². The van der Waals surface area contributed by atoms with Crippen molar-refractivity contribution in [2.24, 2.45) is 0 Å². The zero-order valence-corrected chi connectivity index (χ0v) is 10.2.